The molecule has 0 amide bonds. The standard InChI is InChI=1S/C10H18N6O2/c1-14-8-9(16(17)18)10(13-14)12-4-7-15-5-2-11-3-6-15/h8,11H,2-7H2,1H3,(H,12,13). The first-order chi connectivity index (χ1) is 8.66. The van der Waals surface area contributed by atoms with E-state index in [9.17, 15) is 10.1 Å². The molecule has 0 bridgehead atoms. The minimum Gasteiger partial charge on any atom is -0.362 e. The van der Waals surface area contributed by atoms with Crippen LogP contribution in [0.15, 0.2) is 6.20 Å². The van der Waals surface area contributed by atoms with Crippen LogP contribution >= 0.6 is 0 Å². The van der Waals surface area contributed by atoms with Gasteiger partial charge in [0.2, 0.25) is 5.82 Å². The Kier molecular flexibility index (Phi) is 4.11. The third-order valence-electron chi connectivity index (χ3n) is 2.94. The summed E-state index contributed by atoms with van der Waals surface area (Å²) in [6, 6.07) is 0. The van der Waals surface area contributed by atoms with E-state index in [1.807, 2.05) is 0 Å². The molecule has 2 heterocycles. The minimum absolute atomic E-state index is 0.0258. The molecule has 0 saturated carbocycles. The summed E-state index contributed by atoms with van der Waals surface area (Å²) >= 11 is 0. The Labute approximate surface area is 105 Å². The predicted octanol–water partition coefficient (Wildman–Crippen LogP) is -0.355. The zero-order valence-corrected chi connectivity index (χ0v) is 10.4. The summed E-state index contributed by atoms with van der Waals surface area (Å²) in [5.74, 6) is 0.345. The van der Waals surface area contributed by atoms with Gasteiger partial charge in [-0.25, -0.2) is 0 Å². The van der Waals surface area contributed by atoms with Crippen LogP contribution in [0.3, 0.4) is 0 Å². The number of hydrogen-bond donors (Lipinski definition) is 2. The summed E-state index contributed by atoms with van der Waals surface area (Å²) in [7, 11) is 1.68. The molecule has 0 atom stereocenters. The SMILES string of the molecule is Cn1cc([N+](=O)[O-])c(NCCN2CCNCC2)n1. The highest BCUT2D eigenvalue weighted by Crippen LogP contribution is 2.20. The van der Waals surface area contributed by atoms with Gasteiger partial charge in [-0.2, -0.15) is 0 Å². The number of piperazine rings is 1. The van der Waals surface area contributed by atoms with Crippen LogP contribution in [-0.2, 0) is 7.05 Å². The Hall–Kier alpha value is -1.67. The number of anilines is 1. The number of aryl methyl sites for hydroxylation is 1. The van der Waals surface area contributed by atoms with Crippen LogP contribution in [0.1, 0.15) is 0 Å². The molecule has 1 aromatic heterocycles. The van der Waals surface area contributed by atoms with E-state index in [2.05, 4.69) is 20.6 Å². The maximum absolute atomic E-state index is 10.8. The molecule has 8 heteroatoms. The molecule has 0 aliphatic carbocycles. The lowest BCUT2D eigenvalue weighted by molar-refractivity contribution is -0.384. The lowest BCUT2D eigenvalue weighted by atomic mass is 10.3. The van der Waals surface area contributed by atoms with E-state index < -0.39 is 4.92 Å². The van der Waals surface area contributed by atoms with E-state index in [0.29, 0.717) is 12.4 Å². The zero-order valence-electron chi connectivity index (χ0n) is 10.4. The van der Waals surface area contributed by atoms with Gasteiger partial charge in [-0.3, -0.25) is 19.7 Å². The van der Waals surface area contributed by atoms with E-state index >= 15 is 0 Å². The molecule has 0 spiro atoms. The van der Waals surface area contributed by atoms with Gasteiger partial charge in [0.05, 0.1) is 4.92 Å². The Morgan fingerprint density at radius 1 is 1.56 bits per heavy atom. The van der Waals surface area contributed by atoms with Gasteiger partial charge in [0.15, 0.2) is 0 Å². The molecule has 1 fully saturated rings. The van der Waals surface area contributed by atoms with Crippen molar-refractivity contribution in [1.82, 2.24) is 20.0 Å². The monoisotopic (exact) mass is 254 g/mol. The van der Waals surface area contributed by atoms with Gasteiger partial charge in [0, 0.05) is 46.3 Å². The van der Waals surface area contributed by atoms with E-state index in [-0.39, 0.29) is 5.69 Å². The highest BCUT2D eigenvalue weighted by molar-refractivity contribution is 5.54. The average molecular weight is 254 g/mol. The van der Waals surface area contributed by atoms with Gasteiger partial charge in [-0.15, -0.1) is 5.10 Å². The fraction of sp³-hybridized carbons (Fsp3) is 0.700. The number of rotatable bonds is 5. The van der Waals surface area contributed by atoms with E-state index in [1.165, 1.54) is 10.9 Å². The Morgan fingerprint density at radius 2 is 2.28 bits per heavy atom. The number of hydrogen-bond acceptors (Lipinski definition) is 6. The first-order valence-electron chi connectivity index (χ1n) is 6.02. The zero-order chi connectivity index (χ0) is 13.0. The predicted molar refractivity (Wildman–Crippen MR) is 67.7 cm³/mol. The Balaban J connectivity index is 1.84. The average Bonchev–Trinajstić information content (AvgIpc) is 2.72. The molecule has 0 radical (unpaired) electrons. The third kappa shape index (κ3) is 3.17. The van der Waals surface area contributed by atoms with Crippen LogP contribution in [0, 0.1) is 10.1 Å². The summed E-state index contributed by atoms with van der Waals surface area (Å²) < 4.78 is 1.45. The van der Waals surface area contributed by atoms with Crippen molar-refractivity contribution in [1.29, 1.82) is 0 Å². The van der Waals surface area contributed by atoms with Crippen LogP contribution in [0.4, 0.5) is 11.5 Å². The van der Waals surface area contributed by atoms with E-state index in [1.54, 1.807) is 7.05 Å². The number of nitrogens with zero attached hydrogens (tertiary/aromatic N) is 4. The van der Waals surface area contributed by atoms with Gasteiger partial charge in [0.25, 0.3) is 0 Å². The quantitative estimate of drug-likeness (QED) is 0.551. The normalized spacial score (nSPS) is 16.7. The first kappa shape index (κ1) is 12.8. The molecule has 1 aliphatic heterocycles. The maximum Gasteiger partial charge on any atom is 0.330 e. The second kappa shape index (κ2) is 5.78. The molecule has 0 unspecified atom stereocenters. The third-order valence-corrected chi connectivity index (χ3v) is 2.94. The number of nitro groups is 1. The van der Waals surface area contributed by atoms with Crippen molar-refractivity contribution in [2.45, 2.75) is 0 Å². The maximum atomic E-state index is 10.8. The summed E-state index contributed by atoms with van der Waals surface area (Å²) in [6.45, 7) is 5.58. The summed E-state index contributed by atoms with van der Waals surface area (Å²) in [6.07, 6.45) is 1.41. The summed E-state index contributed by atoms with van der Waals surface area (Å²) in [5.41, 5.74) is 0.0258. The van der Waals surface area contributed by atoms with Gasteiger partial charge in [0.1, 0.15) is 6.20 Å². The first-order valence-corrected chi connectivity index (χ1v) is 6.02. The largest absolute Gasteiger partial charge is 0.362 e. The van der Waals surface area contributed by atoms with E-state index in [0.717, 1.165) is 32.7 Å². The lowest BCUT2D eigenvalue weighted by Crippen LogP contribution is -2.45. The molecule has 1 aromatic rings. The molecule has 2 rings (SSSR count). The van der Waals surface area contributed by atoms with Gasteiger partial charge in [-0.1, -0.05) is 0 Å². The van der Waals surface area contributed by atoms with Crippen LogP contribution < -0.4 is 10.6 Å². The lowest BCUT2D eigenvalue weighted by Gasteiger charge is -2.26. The molecule has 1 saturated heterocycles. The minimum atomic E-state index is -0.417. The van der Waals surface area contributed by atoms with Crippen LogP contribution in [-0.4, -0.2) is 58.9 Å². The van der Waals surface area contributed by atoms with Crippen molar-refractivity contribution < 1.29 is 4.92 Å². The highest BCUT2D eigenvalue weighted by Gasteiger charge is 2.18. The number of aromatic nitrogens is 2. The molecule has 100 valence electrons. The molecule has 1 aliphatic rings. The van der Waals surface area contributed by atoms with Gasteiger partial charge in [-0.05, 0) is 0 Å². The van der Waals surface area contributed by atoms with Crippen molar-refractivity contribution in [2.24, 2.45) is 7.05 Å². The summed E-state index contributed by atoms with van der Waals surface area (Å²) in [4.78, 5) is 12.7. The van der Waals surface area contributed by atoms with Crippen molar-refractivity contribution in [3.8, 4) is 0 Å². The van der Waals surface area contributed by atoms with Crippen LogP contribution in [0.25, 0.3) is 0 Å². The molecular weight excluding hydrogens is 236 g/mol. The topological polar surface area (TPSA) is 88.3 Å². The highest BCUT2D eigenvalue weighted by atomic mass is 16.6. The fourth-order valence-corrected chi connectivity index (χ4v) is 2.00. The second-order valence-electron chi connectivity index (χ2n) is 4.31. The van der Waals surface area contributed by atoms with Crippen LogP contribution in [0.5, 0.6) is 0 Å². The smallest absolute Gasteiger partial charge is 0.330 e. The Morgan fingerprint density at radius 3 is 2.94 bits per heavy atom. The molecule has 8 nitrogen and oxygen atoms in total. The van der Waals surface area contributed by atoms with Gasteiger partial charge < -0.3 is 10.6 Å². The van der Waals surface area contributed by atoms with Gasteiger partial charge >= 0.3 is 5.69 Å². The van der Waals surface area contributed by atoms with Crippen molar-refractivity contribution >= 4 is 11.5 Å². The summed E-state index contributed by atoms with van der Waals surface area (Å²) in [5, 5.41) is 21.2. The second-order valence-corrected chi connectivity index (χ2v) is 4.31. The number of nitrogens with one attached hydrogen (secondary N) is 2. The van der Waals surface area contributed by atoms with Crippen molar-refractivity contribution in [2.75, 3.05) is 44.6 Å². The molecule has 0 aromatic carbocycles. The van der Waals surface area contributed by atoms with Crippen molar-refractivity contribution in [3.05, 3.63) is 16.3 Å². The Bertz CT molecular complexity index is 413. The van der Waals surface area contributed by atoms with E-state index in [4.69, 9.17) is 0 Å². The fourth-order valence-electron chi connectivity index (χ4n) is 2.00. The molecular formula is C10H18N6O2. The molecule has 2 N–H and O–H groups in total. The van der Waals surface area contributed by atoms with Crippen LogP contribution in [0.2, 0.25) is 0 Å². The van der Waals surface area contributed by atoms with Crippen molar-refractivity contribution in [3.63, 3.8) is 0 Å². The molecule has 18 heavy (non-hydrogen) atoms.